The van der Waals surface area contributed by atoms with Crippen LogP contribution in [-0.4, -0.2) is 22.5 Å². The van der Waals surface area contributed by atoms with Crippen molar-refractivity contribution in [3.05, 3.63) is 29.0 Å². The van der Waals surface area contributed by atoms with Gasteiger partial charge in [0.1, 0.15) is 5.15 Å². The van der Waals surface area contributed by atoms with E-state index in [4.69, 9.17) is 11.6 Å². The lowest BCUT2D eigenvalue weighted by Gasteiger charge is -2.33. The van der Waals surface area contributed by atoms with Crippen LogP contribution < -0.4 is 0 Å². The molecule has 1 aromatic heterocycles. The average molecular weight is 225 g/mol. The molecule has 1 saturated heterocycles. The van der Waals surface area contributed by atoms with Crippen molar-refractivity contribution in [2.45, 2.75) is 38.8 Å². The van der Waals surface area contributed by atoms with Gasteiger partial charge in [0.05, 0.1) is 0 Å². The summed E-state index contributed by atoms with van der Waals surface area (Å²) in [6.07, 6.45) is 5.90. The maximum Gasteiger partial charge on any atom is 0.129 e. The van der Waals surface area contributed by atoms with Crippen LogP contribution in [0.3, 0.4) is 0 Å². The summed E-state index contributed by atoms with van der Waals surface area (Å²) in [7, 11) is 0. The Labute approximate surface area is 96.3 Å². The third-order valence-electron chi connectivity index (χ3n) is 3.11. The van der Waals surface area contributed by atoms with Crippen molar-refractivity contribution in [2.24, 2.45) is 0 Å². The molecule has 0 radical (unpaired) electrons. The van der Waals surface area contributed by atoms with Gasteiger partial charge in [-0.3, -0.25) is 4.90 Å². The van der Waals surface area contributed by atoms with E-state index in [1.54, 1.807) is 0 Å². The monoisotopic (exact) mass is 224 g/mol. The Morgan fingerprint density at radius 3 is 3.00 bits per heavy atom. The summed E-state index contributed by atoms with van der Waals surface area (Å²) in [5.41, 5.74) is 1.26. The number of nitrogens with zero attached hydrogens (tertiary/aromatic N) is 2. The normalized spacial score (nSPS) is 22.9. The molecule has 0 bridgehead atoms. The molecule has 1 aliphatic rings. The lowest BCUT2D eigenvalue weighted by molar-refractivity contribution is 0.152. The van der Waals surface area contributed by atoms with Gasteiger partial charge in [-0.25, -0.2) is 4.98 Å². The fourth-order valence-corrected chi connectivity index (χ4v) is 2.24. The minimum absolute atomic E-state index is 0.574. The largest absolute Gasteiger partial charge is 0.296 e. The molecule has 2 heterocycles. The molecule has 3 heteroatoms. The van der Waals surface area contributed by atoms with Crippen molar-refractivity contribution < 1.29 is 0 Å². The lowest BCUT2D eigenvalue weighted by atomic mass is 10.0. The first-order valence-electron chi connectivity index (χ1n) is 5.60. The highest BCUT2D eigenvalue weighted by Gasteiger charge is 2.17. The van der Waals surface area contributed by atoms with Gasteiger partial charge in [-0.15, -0.1) is 0 Å². The van der Waals surface area contributed by atoms with Crippen molar-refractivity contribution in [3.8, 4) is 0 Å². The lowest BCUT2D eigenvalue weighted by Crippen LogP contribution is -2.36. The van der Waals surface area contributed by atoms with Gasteiger partial charge >= 0.3 is 0 Å². The second kappa shape index (κ2) is 4.95. The van der Waals surface area contributed by atoms with Crippen LogP contribution in [0, 0.1) is 0 Å². The third-order valence-corrected chi connectivity index (χ3v) is 3.34. The highest BCUT2D eigenvalue weighted by atomic mass is 35.5. The predicted octanol–water partition coefficient (Wildman–Crippen LogP) is 3.11. The Morgan fingerprint density at radius 2 is 2.33 bits per heavy atom. The maximum absolute atomic E-state index is 5.76. The van der Waals surface area contributed by atoms with Crippen LogP contribution in [0.15, 0.2) is 18.3 Å². The van der Waals surface area contributed by atoms with Gasteiger partial charge in [0.15, 0.2) is 0 Å². The number of hydrogen-bond acceptors (Lipinski definition) is 2. The fourth-order valence-electron chi connectivity index (χ4n) is 2.13. The first-order chi connectivity index (χ1) is 7.25. The molecule has 1 fully saturated rings. The molecule has 82 valence electrons. The van der Waals surface area contributed by atoms with Crippen LogP contribution in [0.4, 0.5) is 0 Å². The zero-order chi connectivity index (χ0) is 10.7. The van der Waals surface area contributed by atoms with E-state index in [-0.39, 0.29) is 0 Å². The van der Waals surface area contributed by atoms with Gasteiger partial charge in [0, 0.05) is 18.8 Å². The molecule has 0 saturated carbocycles. The number of halogens is 1. The Balaban J connectivity index is 1.98. The molecule has 0 N–H and O–H groups in total. The Kier molecular flexibility index (Phi) is 3.60. The van der Waals surface area contributed by atoms with Crippen molar-refractivity contribution in [3.63, 3.8) is 0 Å². The number of aromatic nitrogens is 1. The van der Waals surface area contributed by atoms with Crippen molar-refractivity contribution in [1.29, 1.82) is 0 Å². The third kappa shape index (κ3) is 2.93. The van der Waals surface area contributed by atoms with E-state index in [0.717, 1.165) is 6.54 Å². The van der Waals surface area contributed by atoms with E-state index in [2.05, 4.69) is 22.9 Å². The first-order valence-corrected chi connectivity index (χ1v) is 5.98. The van der Waals surface area contributed by atoms with E-state index >= 15 is 0 Å². The number of piperidine rings is 1. The van der Waals surface area contributed by atoms with Gasteiger partial charge in [0.2, 0.25) is 0 Å². The molecule has 0 aliphatic carbocycles. The summed E-state index contributed by atoms with van der Waals surface area (Å²) in [6.45, 7) is 4.53. The van der Waals surface area contributed by atoms with Crippen molar-refractivity contribution in [2.75, 3.05) is 6.54 Å². The predicted molar refractivity (Wildman–Crippen MR) is 63.0 cm³/mol. The minimum atomic E-state index is 0.574. The van der Waals surface area contributed by atoms with Crippen LogP contribution >= 0.6 is 11.6 Å². The van der Waals surface area contributed by atoms with Crippen LogP contribution in [0.1, 0.15) is 31.7 Å². The molecule has 2 rings (SSSR count). The summed E-state index contributed by atoms with van der Waals surface area (Å²) in [4.78, 5) is 6.63. The Morgan fingerprint density at radius 1 is 1.47 bits per heavy atom. The van der Waals surface area contributed by atoms with Gasteiger partial charge < -0.3 is 0 Å². The van der Waals surface area contributed by atoms with Crippen LogP contribution in [0.25, 0.3) is 0 Å². The van der Waals surface area contributed by atoms with Crippen LogP contribution in [-0.2, 0) is 6.54 Å². The molecule has 2 nitrogen and oxygen atoms in total. The Bertz CT molecular complexity index is 310. The number of hydrogen-bond donors (Lipinski definition) is 0. The average Bonchev–Trinajstić information content (AvgIpc) is 2.25. The quantitative estimate of drug-likeness (QED) is 0.718. The van der Waals surface area contributed by atoms with Crippen molar-refractivity contribution in [1.82, 2.24) is 9.88 Å². The molecule has 0 unspecified atom stereocenters. The summed E-state index contributed by atoms with van der Waals surface area (Å²) in [6, 6.07) is 4.64. The summed E-state index contributed by atoms with van der Waals surface area (Å²) >= 11 is 5.76. The maximum atomic E-state index is 5.76. The van der Waals surface area contributed by atoms with E-state index in [9.17, 15) is 0 Å². The van der Waals surface area contributed by atoms with Gasteiger partial charge in [-0.05, 0) is 37.9 Å². The second-order valence-corrected chi connectivity index (χ2v) is 4.69. The molecule has 0 amide bonds. The molecule has 1 atom stereocenters. The molecular weight excluding hydrogens is 208 g/mol. The first kappa shape index (κ1) is 10.9. The van der Waals surface area contributed by atoms with E-state index < -0.39 is 0 Å². The number of rotatable bonds is 2. The molecule has 1 aromatic rings. The highest BCUT2D eigenvalue weighted by molar-refractivity contribution is 6.29. The van der Waals surface area contributed by atoms with Crippen molar-refractivity contribution >= 4 is 11.6 Å². The van der Waals surface area contributed by atoms with E-state index in [0.29, 0.717) is 11.2 Å². The summed E-state index contributed by atoms with van der Waals surface area (Å²) in [5.74, 6) is 0. The number of pyridine rings is 1. The zero-order valence-corrected chi connectivity index (χ0v) is 9.87. The molecule has 1 aliphatic heterocycles. The molecule has 0 aromatic carbocycles. The zero-order valence-electron chi connectivity index (χ0n) is 9.12. The molecule has 15 heavy (non-hydrogen) atoms. The SMILES string of the molecule is C[C@H]1CCCCN1Cc1ccc(Cl)nc1. The molecular formula is C12H17ClN2. The smallest absolute Gasteiger partial charge is 0.129 e. The summed E-state index contributed by atoms with van der Waals surface area (Å²) < 4.78 is 0. The highest BCUT2D eigenvalue weighted by Crippen LogP contribution is 2.19. The standard InChI is InChI=1S/C12H17ClN2/c1-10-4-2-3-7-15(10)9-11-5-6-12(13)14-8-11/h5-6,8,10H,2-4,7,9H2,1H3/t10-/m0/s1. The minimum Gasteiger partial charge on any atom is -0.296 e. The fraction of sp³-hybridized carbons (Fsp3) is 0.583. The Hall–Kier alpha value is -0.600. The molecule has 0 spiro atoms. The van der Waals surface area contributed by atoms with Gasteiger partial charge in [-0.2, -0.15) is 0 Å². The summed E-state index contributed by atoms with van der Waals surface area (Å²) in [5, 5.41) is 0.574. The van der Waals surface area contributed by atoms with E-state index in [1.165, 1.54) is 31.4 Å². The van der Waals surface area contributed by atoms with Crippen LogP contribution in [0.2, 0.25) is 5.15 Å². The number of likely N-dealkylation sites (tertiary alicyclic amines) is 1. The van der Waals surface area contributed by atoms with Gasteiger partial charge in [0.25, 0.3) is 0 Å². The second-order valence-electron chi connectivity index (χ2n) is 4.30. The van der Waals surface area contributed by atoms with Gasteiger partial charge in [-0.1, -0.05) is 24.1 Å². The van der Waals surface area contributed by atoms with Crippen LogP contribution in [0.5, 0.6) is 0 Å². The van der Waals surface area contributed by atoms with E-state index in [1.807, 2.05) is 12.3 Å². The topological polar surface area (TPSA) is 16.1 Å².